The molecule has 0 saturated carbocycles. The van der Waals surface area contributed by atoms with Crippen LogP contribution in [0.25, 0.3) is 0 Å². The van der Waals surface area contributed by atoms with Gasteiger partial charge in [-0.05, 0) is 96.3 Å². The molecule has 456 valence electrons. The zero-order valence-corrected chi connectivity index (χ0v) is 52.4. The standard InChI is InChI=1S/C73H128O6/c1-4-7-10-13-16-19-22-25-27-28-29-30-31-32-33-34-35-36-37-38-39-40-41-42-43-44-45-46-47-49-51-54-57-60-63-66-72(75)78-69-70(68-77-71(74)65-62-59-56-53-50-24-21-18-15-12-9-6-3)79-73(76)67-64-61-58-55-52-48-26-23-20-17-14-11-8-5-2/h7,10,16,19,23,25-27,29-30,32-33,35-36,70H,4-6,8-9,11-15,17-18,20-22,24,28,31,34,37-69H2,1-3H3/b10-7-,19-16-,26-23-,27-25-,30-29-,33-32-,36-35-. The van der Waals surface area contributed by atoms with Crippen molar-refractivity contribution in [3.8, 4) is 0 Å². The summed E-state index contributed by atoms with van der Waals surface area (Å²) in [5.74, 6) is -0.866. The summed E-state index contributed by atoms with van der Waals surface area (Å²) >= 11 is 0. The molecule has 1 atom stereocenters. The first-order valence-corrected chi connectivity index (χ1v) is 34.1. The monoisotopic (exact) mass is 1100 g/mol. The highest BCUT2D eigenvalue weighted by atomic mass is 16.6. The third-order valence-electron chi connectivity index (χ3n) is 14.9. The van der Waals surface area contributed by atoms with Crippen LogP contribution in [0.15, 0.2) is 85.1 Å². The molecule has 0 N–H and O–H groups in total. The molecule has 6 heteroatoms. The second-order valence-corrected chi connectivity index (χ2v) is 22.7. The molecule has 0 aliphatic heterocycles. The predicted molar refractivity (Wildman–Crippen MR) is 344 cm³/mol. The zero-order chi connectivity index (χ0) is 57.1. The predicted octanol–water partition coefficient (Wildman–Crippen LogP) is 23.4. The number of allylic oxidation sites excluding steroid dienone is 14. The quantitative estimate of drug-likeness (QED) is 0.0261. The molecular formula is C73H128O6. The molecule has 0 aromatic carbocycles. The van der Waals surface area contributed by atoms with E-state index in [-0.39, 0.29) is 31.1 Å². The van der Waals surface area contributed by atoms with Gasteiger partial charge in [0.05, 0.1) is 0 Å². The summed E-state index contributed by atoms with van der Waals surface area (Å²) in [4.78, 5) is 38.3. The topological polar surface area (TPSA) is 78.9 Å². The lowest BCUT2D eigenvalue weighted by atomic mass is 10.0. The van der Waals surface area contributed by atoms with Crippen molar-refractivity contribution in [2.24, 2.45) is 0 Å². The van der Waals surface area contributed by atoms with Gasteiger partial charge in [0.2, 0.25) is 0 Å². The molecule has 0 aliphatic rings. The number of hydrogen-bond acceptors (Lipinski definition) is 6. The summed E-state index contributed by atoms with van der Waals surface area (Å²) in [5.41, 5.74) is 0. The van der Waals surface area contributed by atoms with Crippen LogP contribution in [0.5, 0.6) is 0 Å². The number of ether oxygens (including phenoxy) is 3. The largest absolute Gasteiger partial charge is 0.462 e. The van der Waals surface area contributed by atoms with Crippen LogP contribution in [0.3, 0.4) is 0 Å². The fourth-order valence-corrected chi connectivity index (χ4v) is 9.80. The van der Waals surface area contributed by atoms with Crippen LogP contribution in [-0.2, 0) is 28.6 Å². The van der Waals surface area contributed by atoms with Gasteiger partial charge in [0.1, 0.15) is 13.2 Å². The summed E-state index contributed by atoms with van der Waals surface area (Å²) in [6, 6.07) is 0. The van der Waals surface area contributed by atoms with Gasteiger partial charge in [-0.2, -0.15) is 0 Å². The van der Waals surface area contributed by atoms with Gasteiger partial charge >= 0.3 is 17.9 Å². The van der Waals surface area contributed by atoms with E-state index in [9.17, 15) is 14.4 Å². The summed E-state index contributed by atoms with van der Waals surface area (Å²) < 4.78 is 16.9. The molecule has 0 aliphatic carbocycles. The summed E-state index contributed by atoms with van der Waals surface area (Å²) in [5, 5.41) is 0. The van der Waals surface area contributed by atoms with Gasteiger partial charge in [0.15, 0.2) is 6.10 Å². The summed E-state index contributed by atoms with van der Waals surface area (Å²) in [6.07, 6.45) is 89.0. The third-order valence-corrected chi connectivity index (χ3v) is 14.9. The normalized spacial score (nSPS) is 12.6. The lowest BCUT2D eigenvalue weighted by Gasteiger charge is -2.18. The van der Waals surface area contributed by atoms with E-state index >= 15 is 0 Å². The molecule has 0 radical (unpaired) electrons. The molecule has 0 amide bonds. The molecule has 1 unspecified atom stereocenters. The number of carbonyl (C=O) groups excluding carboxylic acids is 3. The lowest BCUT2D eigenvalue weighted by Crippen LogP contribution is -2.30. The first-order chi connectivity index (χ1) is 39.0. The highest BCUT2D eigenvalue weighted by molar-refractivity contribution is 5.71. The second kappa shape index (κ2) is 67.1. The molecule has 79 heavy (non-hydrogen) atoms. The maximum Gasteiger partial charge on any atom is 0.306 e. The van der Waals surface area contributed by atoms with Gasteiger partial charge in [-0.1, -0.05) is 311 Å². The van der Waals surface area contributed by atoms with E-state index in [1.165, 1.54) is 199 Å². The van der Waals surface area contributed by atoms with E-state index in [2.05, 4.69) is 106 Å². The van der Waals surface area contributed by atoms with Gasteiger partial charge < -0.3 is 14.2 Å². The molecule has 0 saturated heterocycles. The van der Waals surface area contributed by atoms with Crippen molar-refractivity contribution in [1.82, 2.24) is 0 Å². The first-order valence-electron chi connectivity index (χ1n) is 34.1. The molecule has 0 aromatic heterocycles. The minimum atomic E-state index is -0.776. The van der Waals surface area contributed by atoms with Crippen molar-refractivity contribution in [3.05, 3.63) is 85.1 Å². The van der Waals surface area contributed by atoms with Gasteiger partial charge in [0, 0.05) is 19.3 Å². The minimum Gasteiger partial charge on any atom is -0.462 e. The Morgan fingerprint density at radius 1 is 0.266 bits per heavy atom. The van der Waals surface area contributed by atoms with Crippen LogP contribution >= 0.6 is 0 Å². The Balaban J connectivity index is 4.10. The molecular weight excluding hydrogens is 973 g/mol. The SMILES string of the molecule is CC/C=C\C/C=C\C/C=C\C/C=C\C/C=C\C/C=C\CCCCCCCCCCCCCCCCCCC(=O)OCC(COC(=O)CCCCCCCCCCCCCC)OC(=O)CCCCCCC/C=C\CCCCCCC. The zero-order valence-electron chi connectivity index (χ0n) is 52.4. The van der Waals surface area contributed by atoms with Crippen molar-refractivity contribution in [3.63, 3.8) is 0 Å². The summed E-state index contributed by atoms with van der Waals surface area (Å²) in [6.45, 7) is 6.54. The minimum absolute atomic E-state index is 0.0737. The van der Waals surface area contributed by atoms with E-state index in [4.69, 9.17) is 14.2 Å². The number of hydrogen-bond donors (Lipinski definition) is 0. The number of rotatable bonds is 62. The molecule has 6 nitrogen and oxygen atoms in total. The van der Waals surface area contributed by atoms with E-state index in [1.807, 2.05) is 0 Å². The van der Waals surface area contributed by atoms with Crippen LogP contribution in [0.1, 0.15) is 342 Å². The van der Waals surface area contributed by atoms with Gasteiger partial charge in [-0.15, -0.1) is 0 Å². The van der Waals surface area contributed by atoms with Gasteiger partial charge in [-0.3, -0.25) is 14.4 Å². The first kappa shape index (κ1) is 75.6. The van der Waals surface area contributed by atoms with Crippen molar-refractivity contribution in [2.75, 3.05) is 13.2 Å². The molecule has 0 spiro atoms. The number of esters is 3. The second-order valence-electron chi connectivity index (χ2n) is 22.7. The fraction of sp³-hybridized carbons (Fsp3) is 0.767. The fourth-order valence-electron chi connectivity index (χ4n) is 9.80. The maximum atomic E-state index is 12.9. The van der Waals surface area contributed by atoms with E-state index in [0.29, 0.717) is 19.3 Å². The van der Waals surface area contributed by atoms with Crippen molar-refractivity contribution in [2.45, 2.75) is 348 Å². The van der Waals surface area contributed by atoms with Crippen LogP contribution < -0.4 is 0 Å². The van der Waals surface area contributed by atoms with Crippen LogP contribution in [-0.4, -0.2) is 37.2 Å². The van der Waals surface area contributed by atoms with Crippen LogP contribution in [0.2, 0.25) is 0 Å². The molecule has 0 heterocycles. The van der Waals surface area contributed by atoms with Crippen molar-refractivity contribution in [1.29, 1.82) is 0 Å². The van der Waals surface area contributed by atoms with Gasteiger partial charge in [0.25, 0.3) is 0 Å². The average Bonchev–Trinajstić information content (AvgIpc) is 3.45. The lowest BCUT2D eigenvalue weighted by molar-refractivity contribution is -0.167. The van der Waals surface area contributed by atoms with Crippen molar-refractivity contribution < 1.29 is 28.6 Å². The Morgan fingerprint density at radius 2 is 0.494 bits per heavy atom. The van der Waals surface area contributed by atoms with Crippen molar-refractivity contribution >= 4 is 17.9 Å². The van der Waals surface area contributed by atoms with E-state index in [1.54, 1.807) is 0 Å². The molecule has 0 rings (SSSR count). The number of carbonyl (C=O) groups is 3. The maximum absolute atomic E-state index is 12.9. The van der Waals surface area contributed by atoms with E-state index < -0.39 is 6.10 Å². The van der Waals surface area contributed by atoms with Crippen LogP contribution in [0, 0.1) is 0 Å². The molecule has 0 aromatic rings. The molecule has 0 bridgehead atoms. The average molecular weight is 1100 g/mol. The highest BCUT2D eigenvalue weighted by Gasteiger charge is 2.19. The number of unbranched alkanes of at least 4 members (excludes halogenated alkanes) is 37. The Kier molecular flexibility index (Phi) is 64.2. The Bertz CT molecular complexity index is 1500. The molecule has 0 fully saturated rings. The van der Waals surface area contributed by atoms with E-state index in [0.717, 1.165) is 103 Å². The van der Waals surface area contributed by atoms with Crippen LogP contribution in [0.4, 0.5) is 0 Å². The smallest absolute Gasteiger partial charge is 0.306 e. The Hall–Kier alpha value is -3.41. The Labute approximate surface area is 490 Å². The summed E-state index contributed by atoms with van der Waals surface area (Å²) in [7, 11) is 0. The highest BCUT2D eigenvalue weighted by Crippen LogP contribution is 2.17. The third kappa shape index (κ3) is 65.3. The Morgan fingerprint density at radius 3 is 0.785 bits per heavy atom. The van der Waals surface area contributed by atoms with Gasteiger partial charge in [-0.25, -0.2) is 0 Å².